The summed E-state index contributed by atoms with van der Waals surface area (Å²) in [5.41, 5.74) is -0.0114. The quantitative estimate of drug-likeness (QED) is 0.364. The maximum absolute atomic E-state index is 6.33. The van der Waals surface area contributed by atoms with Gasteiger partial charge in [-0.15, -0.1) is 0 Å². The fourth-order valence-electron chi connectivity index (χ4n) is 4.84. The molecule has 4 rings (SSSR count). The number of halogens is 2. The van der Waals surface area contributed by atoms with Crippen molar-refractivity contribution in [2.24, 2.45) is 21.8 Å². The third kappa shape index (κ3) is 3.98. The zero-order valence-electron chi connectivity index (χ0n) is 16.0. The minimum atomic E-state index is -0.00568. The molecule has 0 radical (unpaired) electrons. The van der Waals surface area contributed by atoms with Gasteiger partial charge in [0, 0.05) is 0 Å². The smallest absolute Gasteiger partial charge is 1.00 e. The first-order valence-electron chi connectivity index (χ1n) is 9.45. The monoisotopic (exact) mass is 582 g/mol. The van der Waals surface area contributed by atoms with E-state index in [1.54, 1.807) is 0 Å². The van der Waals surface area contributed by atoms with E-state index in [1.165, 1.54) is 12.8 Å². The molecule has 152 valence electrons. The number of aliphatic imine (C=N–C) groups is 2. The van der Waals surface area contributed by atoms with Gasteiger partial charge in [0.2, 0.25) is 0 Å². The van der Waals surface area contributed by atoms with Crippen LogP contribution in [0, 0.1) is 11.8 Å². The van der Waals surface area contributed by atoms with Crippen molar-refractivity contribution in [2.75, 3.05) is 0 Å². The van der Waals surface area contributed by atoms with E-state index >= 15 is 0 Å². The van der Waals surface area contributed by atoms with Crippen LogP contribution < -0.4 is 34.0 Å². The minimum Gasteiger partial charge on any atom is -1.00 e. The molecule has 7 heteroatoms. The van der Waals surface area contributed by atoms with Gasteiger partial charge in [-0.05, 0) is 50.4 Å². The van der Waals surface area contributed by atoms with Gasteiger partial charge in [0.05, 0.1) is 18.5 Å². The van der Waals surface area contributed by atoms with Crippen molar-refractivity contribution >= 4 is 11.8 Å². The Hall–Kier alpha value is 0.562. The zero-order valence-corrected chi connectivity index (χ0v) is 20.8. The van der Waals surface area contributed by atoms with E-state index in [1.807, 2.05) is 0 Å². The van der Waals surface area contributed by atoms with Gasteiger partial charge in [-0.25, -0.2) is 9.98 Å². The molecule has 0 aromatic carbocycles. The molecule has 0 unspecified atom stereocenters. The molecule has 0 amide bonds. The normalized spacial score (nSPS) is 29.5. The van der Waals surface area contributed by atoms with Crippen LogP contribution in [-0.4, -0.2) is 35.1 Å². The average molecular weight is 585 g/mol. The van der Waals surface area contributed by atoms with Crippen LogP contribution >= 0.6 is 0 Å². The first-order chi connectivity index (χ1) is 10.9. The van der Waals surface area contributed by atoms with Crippen molar-refractivity contribution < 1.29 is 63.9 Å². The Bertz CT molecular complexity index is 510. The van der Waals surface area contributed by atoms with Gasteiger partial charge in [0.15, 0.2) is 11.8 Å². The number of nitrogens with zero attached hydrogens (tertiary/aromatic N) is 2. The van der Waals surface area contributed by atoms with Crippen molar-refractivity contribution in [3.63, 3.8) is 0 Å². The van der Waals surface area contributed by atoms with E-state index in [9.17, 15) is 0 Å². The number of rotatable bonds is 4. The summed E-state index contributed by atoms with van der Waals surface area (Å²) in [5.74, 6) is 2.78. The Morgan fingerprint density at radius 3 is 1.35 bits per heavy atom. The van der Waals surface area contributed by atoms with Gasteiger partial charge in [0.1, 0.15) is 11.2 Å². The van der Waals surface area contributed by atoms with E-state index in [2.05, 4.69) is 27.7 Å². The summed E-state index contributed by atoms with van der Waals surface area (Å²) in [7, 11) is 0. The maximum Gasteiger partial charge on any atom is 2.00 e. The third-order valence-corrected chi connectivity index (χ3v) is 6.25. The average Bonchev–Trinajstić information content (AvgIpc) is 2.97. The Morgan fingerprint density at radius 1 is 0.808 bits per heavy atom. The van der Waals surface area contributed by atoms with Crippen molar-refractivity contribution in [3.8, 4) is 0 Å². The molecule has 2 aliphatic heterocycles. The Kier molecular flexibility index (Phi) is 8.45. The number of ether oxygens (including phenoxy) is 2. The second kappa shape index (κ2) is 8.93. The molecule has 2 saturated carbocycles. The van der Waals surface area contributed by atoms with Crippen LogP contribution in [0.2, 0.25) is 0 Å². The van der Waals surface area contributed by atoms with E-state index in [4.69, 9.17) is 19.5 Å². The molecule has 0 aromatic rings. The molecule has 2 spiro atoms. The standard InChI is InChI=1S/C19H30N2O2.2BrH.Pd/c1-12(2)16-18(7-5-8-18)22-14(20-16)11-15-21-17(13(3)4)19(23-15)9-6-10-19;;;/h12-13,16-17H,5-11H2,1-4H3;2*1H;/q;;;+2/p-2/t16-,17-;;;/m1.../s1. The molecule has 2 aliphatic carbocycles. The van der Waals surface area contributed by atoms with Crippen molar-refractivity contribution in [1.29, 1.82) is 0 Å². The maximum atomic E-state index is 6.33. The first kappa shape index (κ1) is 24.6. The molecule has 0 bridgehead atoms. The number of hydrogen-bond donors (Lipinski definition) is 0. The van der Waals surface area contributed by atoms with Crippen LogP contribution in [0.25, 0.3) is 0 Å². The minimum absolute atomic E-state index is 0. The molecule has 4 nitrogen and oxygen atoms in total. The molecule has 4 aliphatic rings. The van der Waals surface area contributed by atoms with Gasteiger partial charge in [0.25, 0.3) is 0 Å². The fourth-order valence-corrected chi connectivity index (χ4v) is 4.84. The molecule has 0 N–H and O–H groups in total. The van der Waals surface area contributed by atoms with Crippen LogP contribution in [0.15, 0.2) is 9.98 Å². The summed E-state index contributed by atoms with van der Waals surface area (Å²) in [4.78, 5) is 9.84. The molecular formula is C19H30Br2N2O2Pd. The van der Waals surface area contributed by atoms with E-state index in [0.717, 1.165) is 37.5 Å². The summed E-state index contributed by atoms with van der Waals surface area (Å²) in [6.45, 7) is 9.01. The first-order valence-corrected chi connectivity index (χ1v) is 9.45. The van der Waals surface area contributed by atoms with Crippen molar-refractivity contribution in [3.05, 3.63) is 0 Å². The molecule has 0 aromatic heterocycles. The molecule has 2 heterocycles. The Morgan fingerprint density at radius 2 is 1.15 bits per heavy atom. The van der Waals surface area contributed by atoms with Crippen LogP contribution in [0.4, 0.5) is 0 Å². The van der Waals surface area contributed by atoms with Gasteiger partial charge < -0.3 is 43.4 Å². The Labute approximate surface area is 192 Å². The van der Waals surface area contributed by atoms with Gasteiger partial charge in [-0.3, -0.25) is 0 Å². The van der Waals surface area contributed by atoms with Gasteiger partial charge in [-0.2, -0.15) is 0 Å². The van der Waals surface area contributed by atoms with Crippen molar-refractivity contribution in [1.82, 2.24) is 0 Å². The molecule has 2 fully saturated rings. The van der Waals surface area contributed by atoms with Crippen LogP contribution in [-0.2, 0) is 29.9 Å². The summed E-state index contributed by atoms with van der Waals surface area (Å²) in [6, 6.07) is 0.624. The zero-order chi connectivity index (χ0) is 16.2. The van der Waals surface area contributed by atoms with Crippen molar-refractivity contribution in [2.45, 2.75) is 95.9 Å². The molecule has 26 heavy (non-hydrogen) atoms. The fraction of sp³-hybridized carbons (Fsp3) is 0.895. The largest absolute Gasteiger partial charge is 2.00 e. The summed E-state index contributed by atoms with van der Waals surface area (Å²) < 4.78 is 12.7. The second-order valence-electron chi connectivity index (χ2n) is 8.64. The van der Waals surface area contributed by atoms with Gasteiger partial charge >= 0.3 is 20.4 Å². The Balaban J connectivity index is 0.00000113. The van der Waals surface area contributed by atoms with Gasteiger partial charge in [-0.1, -0.05) is 27.7 Å². The SMILES string of the molecule is CC(C)[C@H]1N=C(CC2=N[C@H](C(C)C)C3(CCC3)O2)OC12CCC2.[Br-].[Br-].[Pd+2]. The van der Waals surface area contributed by atoms with E-state index < -0.39 is 0 Å². The summed E-state index contributed by atoms with van der Waals surface area (Å²) in [5, 5.41) is 0. The second-order valence-corrected chi connectivity index (χ2v) is 8.64. The summed E-state index contributed by atoms with van der Waals surface area (Å²) in [6.07, 6.45) is 7.77. The molecule has 0 saturated heterocycles. The predicted octanol–water partition coefficient (Wildman–Crippen LogP) is -1.87. The van der Waals surface area contributed by atoms with Crippen LogP contribution in [0.5, 0.6) is 0 Å². The van der Waals surface area contributed by atoms with Crippen LogP contribution in [0.3, 0.4) is 0 Å². The topological polar surface area (TPSA) is 43.2 Å². The predicted molar refractivity (Wildman–Crippen MR) is 92.1 cm³/mol. The third-order valence-electron chi connectivity index (χ3n) is 6.25. The molecule has 2 atom stereocenters. The van der Waals surface area contributed by atoms with E-state index in [0.29, 0.717) is 30.3 Å². The number of hydrogen-bond acceptors (Lipinski definition) is 4. The summed E-state index contributed by atoms with van der Waals surface area (Å²) >= 11 is 0. The van der Waals surface area contributed by atoms with E-state index in [-0.39, 0.29) is 65.6 Å². The molecular weight excluding hydrogens is 554 g/mol. The van der Waals surface area contributed by atoms with Crippen LogP contribution in [0.1, 0.15) is 72.6 Å².